The lowest BCUT2D eigenvalue weighted by atomic mass is 10.1. The number of halogens is 2. The van der Waals surface area contributed by atoms with Crippen molar-refractivity contribution < 1.29 is 0 Å². The van der Waals surface area contributed by atoms with E-state index in [0.29, 0.717) is 23.1 Å². The van der Waals surface area contributed by atoms with E-state index in [1.807, 2.05) is 12.1 Å². The fourth-order valence-electron chi connectivity index (χ4n) is 1.66. The van der Waals surface area contributed by atoms with Gasteiger partial charge in [0, 0.05) is 15.6 Å². The van der Waals surface area contributed by atoms with Crippen LogP contribution in [0.2, 0.25) is 10.0 Å². The molecule has 0 saturated heterocycles. The minimum Gasteiger partial charge on any atom is -0.305 e. The SMILES string of the molecule is CC(C)(C)NCc1ncn(Cc2ccc(Cl)cc2Cl)n1. The Morgan fingerprint density at radius 3 is 2.65 bits per heavy atom. The van der Waals surface area contributed by atoms with Gasteiger partial charge >= 0.3 is 0 Å². The van der Waals surface area contributed by atoms with E-state index in [0.717, 1.165) is 11.4 Å². The normalized spacial score (nSPS) is 11.8. The lowest BCUT2D eigenvalue weighted by molar-refractivity contribution is 0.417. The van der Waals surface area contributed by atoms with Crippen LogP contribution in [-0.2, 0) is 13.1 Å². The molecule has 0 spiro atoms. The van der Waals surface area contributed by atoms with Crippen LogP contribution >= 0.6 is 23.2 Å². The van der Waals surface area contributed by atoms with Crippen LogP contribution in [0.15, 0.2) is 24.5 Å². The van der Waals surface area contributed by atoms with Crippen LogP contribution in [0.3, 0.4) is 0 Å². The Bertz CT molecular complexity index is 587. The van der Waals surface area contributed by atoms with Gasteiger partial charge in [-0.2, -0.15) is 5.10 Å². The van der Waals surface area contributed by atoms with Crippen molar-refractivity contribution in [2.24, 2.45) is 0 Å². The van der Waals surface area contributed by atoms with E-state index in [1.54, 1.807) is 17.1 Å². The summed E-state index contributed by atoms with van der Waals surface area (Å²) in [7, 11) is 0. The van der Waals surface area contributed by atoms with Crippen LogP contribution < -0.4 is 5.32 Å². The summed E-state index contributed by atoms with van der Waals surface area (Å²) in [6, 6.07) is 5.46. The molecule has 0 aliphatic heterocycles. The smallest absolute Gasteiger partial charge is 0.164 e. The molecule has 0 radical (unpaired) electrons. The molecule has 0 aliphatic carbocycles. The van der Waals surface area contributed by atoms with Crippen LogP contribution in [0.1, 0.15) is 32.2 Å². The Kier molecular flexibility index (Phi) is 4.68. The topological polar surface area (TPSA) is 42.7 Å². The van der Waals surface area contributed by atoms with Crippen molar-refractivity contribution in [1.82, 2.24) is 20.1 Å². The van der Waals surface area contributed by atoms with E-state index < -0.39 is 0 Å². The maximum atomic E-state index is 6.15. The highest BCUT2D eigenvalue weighted by molar-refractivity contribution is 6.35. The molecule has 1 aromatic carbocycles. The molecule has 20 heavy (non-hydrogen) atoms. The number of aromatic nitrogens is 3. The van der Waals surface area contributed by atoms with Gasteiger partial charge in [-0.15, -0.1) is 0 Å². The minimum absolute atomic E-state index is 0.0466. The van der Waals surface area contributed by atoms with Gasteiger partial charge < -0.3 is 5.32 Å². The Hall–Kier alpha value is -1.10. The molecule has 108 valence electrons. The first-order chi connectivity index (χ1) is 9.33. The summed E-state index contributed by atoms with van der Waals surface area (Å²) in [5, 5.41) is 9.05. The third kappa shape index (κ3) is 4.47. The van der Waals surface area contributed by atoms with Crippen LogP contribution in [-0.4, -0.2) is 20.3 Å². The Morgan fingerprint density at radius 1 is 1.25 bits per heavy atom. The molecule has 1 heterocycles. The molecule has 0 unspecified atom stereocenters. The molecular weight excluding hydrogens is 295 g/mol. The maximum Gasteiger partial charge on any atom is 0.164 e. The number of hydrogen-bond acceptors (Lipinski definition) is 3. The molecule has 1 N–H and O–H groups in total. The molecule has 4 nitrogen and oxygen atoms in total. The third-order valence-electron chi connectivity index (χ3n) is 2.71. The van der Waals surface area contributed by atoms with Crippen molar-refractivity contribution in [3.8, 4) is 0 Å². The number of hydrogen-bond donors (Lipinski definition) is 1. The lowest BCUT2D eigenvalue weighted by Crippen LogP contribution is -2.35. The fraction of sp³-hybridized carbons (Fsp3) is 0.429. The predicted octanol–water partition coefficient (Wildman–Crippen LogP) is 3.52. The molecule has 6 heteroatoms. The first-order valence-electron chi connectivity index (χ1n) is 6.41. The Balaban J connectivity index is 2.02. The predicted molar refractivity (Wildman–Crippen MR) is 82.2 cm³/mol. The van der Waals surface area contributed by atoms with Gasteiger partial charge in [-0.1, -0.05) is 29.3 Å². The second-order valence-corrected chi connectivity index (χ2v) is 6.54. The monoisotopic (exact) mass is 312 g/mol. The summed E-state index contributed by atoms with van der Waals surface area (Å²) in [4.78, 5) is 4.28. The maximum absolute atomic E-state index is 6.15. The quantitative estimate of drug-likeness (QED) is 0.939. The van der Waals surface area contributed by atoms with E-state index in [-0.39, 0.29) is 5.54 Å². The summed E-state index contributed by atoms with van der Waals surface area (Å²) in [6.45, 7) is 7.55. The molecule has 2 aromatic rings. The van der Waals surface area contributed by atoms with Crippen LogP contribution in [0, 0.1) is 0 Å². The Labute approximate surface area is 129 Å². The zero-order chi connectivity index (χ0) is 14.8. The second-order valence-electron chi connectivity index (χ2n) is 5.70. The molecular formula is C14H18Cl2N4. The van der Waals surface area contributed by atoms with Crippen molar-refractivity contribution in [3.05, 3.63) is 46.0 Å². The molecule has 1 aromatic heterocycles. The lowest BCUT2D eigenvalue weighted by Gasteiger charge is -2.19. The van der Waals surface area contributed by atoms with Crippen molar-refractivity contribution >= 4 is 23.2 Å². The summed E-state index contributed by atoms with van der Waals surface area (Å²) < 4.78 is 1.77. The second kappa shape index (κ2) is 6.12. The molecule has 2 rings (SSSR count). The van der Waals surface area contributed by atoms with Crippen LogP contribution in [0.5, 0.6) is 0 Å². The molecule has 0 bridgehead atoms. The number of benzene rings is 1. The molecule has 0 aliphatic rings. The summed E-state index contributed by atoms with van der Waals surface area (Å²) in [5.41, 5.74) is 1.02. The highest BCUT2D eigenvalue weighted by Crippen LogP contribution is 2.21. The first kappa shape index (κ1) is 15.3. The molecule has 0 fully saturated rings. The summed E-state index contributed by atoms with van der Waals surface area (Å²) in [5.74, 6) is 0.769. The van der Waals surface area contributed by atoms with Gasteiger partial charge in [-0.25, -0.2) is 9.67 Å². The minimum atomic E-state index is 0.0466. The van der Waals surface area contributed by atoms with Crippen molar-refractivity contribution in [1.29, 1.82) is 0 Å². The van der Waals surface area contributed by atoms with Gasteiger partial charge in [0.2, 0.25) is 0 Å². The van der Waals surface area contributed by atoms with E-state index in [2.05, 4.69) is 36.2 Å². The van der Waals surface area contributed by atoms with Gasteiger partial charge in [0.1, 0.15) is 6.33 Å². The van der Waals surface area contributed by atoms with Crippen LogP contribution in [0.4, 0.5) is 0 Å². The van der Waals surface area contributed by atoms with Gasteiger partial charge in [-0.3, -0.25) is 0 Å². The van der Waals surface area contributed by atoms with Gasteiger partial charge in [0.05, 0.1) is 13.1 Å². The van der Waals surface area contributed by atoms with Crippen molar-refractivity contribution in [3.63, 3.8) is 0 Å². The number of nitrogens with one attached hydrogen (secondary N) is 1. The average molecular weight is 313 g/mol. The summed E-state index contributed by atoms with van der Waals surface area (Å²) in [6.07, 6.45) is 1.71. The standard InChI is InChI=1S/C14H18Cl2N4/c1-14(2,3)18-7-13-17-9-20(19-13)8-10-4-5-11(15)6-12(10)16/h4-6,9,18H,7-8H2,1-3H3. The number of rotatable bonds is 4. The van der Waals surface area contributed by atoms with E-state index in [4.69, 9.17) is 23.2 Å². The number of nitrogens with zero attached hydrogens (tertiary/aromatic N) is 3. The van der Waals surface area contributed by atoms with Gasteiger partial charge in [0.25, 0.3) is 0 Å². The zero-order valence-electron chi connectivity index (χ0n) is 11.8. The van der Waals surface area contributed by atoms with E-state index >= 15 is 0 Å². The first-order valence-corrected chi connectivity index (χ1v) is 7.16. The highest BCUT2D eigenvalue weighted by atomic mass is 35.5. The molecule has 0 amide bonds. The fourth-order valence-corrected chi connectivity index (χ4v) is 2.13. The zero-order valence-corrected chi connectivity index (χ0v) is 13.3. The van der Waals surface area contributed by atoms with Gasteiger partial charge in [0.15, 0.2) is 5.82 Å². The largest absolute Gasteiger partial charge is 0.305 e. The van der Waals surface area contributed by atoms with Crippen molar-refractivity contribution in [2.45, 2.75) is 39.4 Å². The van der Waals surface area contributed by atoms with E-state index in [1.165, 1.54) is 0 Å². The highest BCUT2D eigenvalue weighted by Gasteiger charge is 2.10. The molecule has 0 atom stereocenters. The summed E-state index contributed by atoms with van der Waals surface area (Å²) >= 11 is 12.0. The van der Waals surface area contributed by atoms with Gasteiger partial charge in [-0.05, 0) is 38.5 Å². The van der Waals surface area contributed by atoms with E-state index in [9.17, 15) is 0 Å². The Morgan fingerprint density at radius 2 is 2.00 bits per heavy atom. The third-order valence-corrected chi connectivity index (χ3v) is 3.30. The molecule has 0 saturated carbocycles. The average Bonchev–Trinajstić information content (AvgIpc) is 2.77. The van der Waals surface area contributed by atoms with Crippen LogP contribution in [0.25, 0.3) is 0 Å². The van der Waals surface area contributed by atoms with Crippen molar-refractivity contribution in [2.75, 3.05) is 0 Å².